The summed E-state index contributed by atoms with van der Waals surface area (Å²) >= 11 is 2.97. The number of thioether (sulfide) groups is 1. The zero-order valence-corrected chi connectivity index (χ0v) is 15.3. The molecule has 1 atom stereocenters. The highest BCUT2D eigenvalue weighted by Gasteiger charge is 2.11. The van der Waals surface area contributed by atoms with Gasteiger partial charge in [0.15, 0.2) is 0 Å². The second kappa shape index (κ2) is 8.64. The highest BCUT2D eigenvalue weighted by atomic mass is 32.2. The molecule has 0 aliphatic carbocycles. The first-order valence-electron chi connectivity index (χ1n) is 7.82. The van der Waals surface area contributed by atoms with E-state index >= 15 is 0 Å². The van der Waals surface area contributed by atoms with E-state index in [9.17, 15) is 4.79 Å². The number of hydrogen-bond acceptors (Lipinski definition) is 5. The van der Waals surface area contributed by atoms with Gasteiger partial charge in [-0.25, -0.2) is 4.98 Å². The van der Waals surface area contributed by atoms with E-state index in [0.29, 0.717) is 11.0 Å². The van der Waals surface area contributed by atoms with Crippen molar-refractivity contribution in [1.29, 1.82) is 0 Å². The number of thiophene rings is 1. The minimum absolute atomic E-state index is 0.0225. The van der Waals surface area contributed by atoms with Gasteiger partial charge in [-0.05, 0) is 36.1 Å². The Labute approximate surface area is 154 Å². The fraction of sp³-hybridized carbons (Fsp3) is 0.167. The van der Waals surface area contributed by atoms with Crippen molar-refractivity contribution >= 4 is 41.2 Å². The van der Waals surface area contributed by atoms with Crippen LogP contribution >= 0.6 is 23.1 Å². The summed E-state index contributed by atoms with van der Waals surface area (Å²) in [6.07, 6.45) is 3.86. The molecule has 3 aromatic rings. The van der Waals surface area contributed by atoms with E-state index in [4.69, 9.17) is 0 Å². The van der Waals surface area contributed by atoms with Crippen molar-refractivity contribution < 1.29 is 4.79 Å². The van der Waals surface area contributed by atoms with E-state index in [1.54, 1.807) is 11.3 Å². The molecule has 0 bridgehead atoms. The van der Waals surface area contributed by atoms with Crippen LogP contribution in [-0.4, -0.2) is 26.8 Å². The molecule has 1 amide bonds. The van der Waals surface area contributed by atoms with E-state index < -0.39 is 0 Å². The van der Waals surface area contributed by atoms with Crippen LogP contribution in [0, 0.1) is 0 Å². The molecule has 0 aliphatic heterocycles. The lowest BCUT2D eigenvalue weighted by molar-refractivity contribution is -0.119. The zero-order chi connectivity index (χ0) is 17.5. The predicted octanol–water partition coefficient (Wildman–Crippen LogP) is 4.01. The maximum atomic E-state index is 12.1. The number of aromatic amines is 1. The van der Waals surface area contributed by atoms with Gasteiger partial charge in [0.1, 0.15) is 5.82 Å². The summed E-state index contributed by atoms with van der Waals surface area (Å²) in [4.78, 5) is 17.6. The maximum Gasteiger partial charge on any atom is 0.230 e. The Morgan fingerprint density at radius 1 is 1.28 bits per heavy atom. The van der Waals surface area contributed by atoms with Gasteiger partial charge in [-0.1, -0.05) is 48.2 Å². The second-order valence-electron chi connectivity index (χ2n) is 5.34. The number of aromatic nitrogens is 3. The molecule has 1 unspecified atom stereocenters. The van der Waals surface area contributed by atoms with Crippen molar-refractivity contribution in [3.05, 3.63) is 64.1 Å². The minimum atomic E-state index is -0.0400. The van der Waals surface area contributed by atoms with Gasteiger partial charge in [0.2, 0.25) is 11.1 Å². The van der Waals surface area contributed by atoms with Gasteiger partial charge in [-0.15, -0.1) is 16.4 Å². The van der Waals surface area contributed by atoms with Crippen molar-refractivity contribution in [1.82, 2.24) is 20.5 Å². The third-order valence-electron chi connectivity index (χ3n) is 3.44. The molecule has 0 radical (unpaired) electrons. The number of carbonyl (C=O) groups excluding carboxylic acids is 1. The molecule has 128 valence electrons. The standard InChI is InChI=1S/C18H18N4OS2/c1-13(14-6-3-2-4-7-14)19-17(23)12-25-18-20-16(21-22-18)10-9-15-8-5-11-24-15/h2-11,13H,12H2,1H3,(H,19,23)(H,20,21,22)/b10-9+. The Kier molecular flexibility index (Phi) is 6.03. The average molecular weight is 371 g/mol. The Morgan fingerprint density at radius 3 is 2.88 bits per heavy atom. The van der Waals surface area contributed by atoms with Crippen LogP contribution in [0.4, 0.5) is 0 Å². The number of amides is 1. The third kappa shape index (κ3) is 5.30. The second-order valence-corrected chi connectivity index (χ2v) is 7.26. The van der Waals surface area contributed by atoms with Crippen LogP contribution in [0.1, 0.15) is 29.2 Å². The highest BCUT2D eigenvalue weighted by molar-refractivity contribution is 7.99. The Balaban J connectivity index is 1.48. The third-order valence-corrected chi connectivity index (χ3v) is 5.13. The van der Waals surface area contributed by atoms with Crippen molar-refractivity contribution in [3.63, 3.8) is 0 Å². The smallest absolute Gasteiger partial charge is 0.230 e. The first kappa shape index (κ1) is 17.4. The minimum Gasteiger partial charge on any atom is -0.349 e. The largest absolute Gasteiger partial charge is 0.349 e. The molecule has 7 heteroatoms. The molecule has 0 spiro atoms. The molecule has 0 saturated carbocycles. The van der Waals surface area contributed by atoms with E-state index in [2.05, 4.69) is 20.5 Å². The Morgan fingerprint density at radius 2 is 2.12 bits per heavy atom. The molecule has 2 heterocycles. The normalized spacial score (nSPS) is 12.4. The lowest BCUT2D eigenvalue weighted by Gasteiger charge is -2.13. The summed E-state index contributed by atoms with van der Waals surface area (Å²) in [5, 5.41) is 12.6. The molecule has 2 aromatic heterocycles. The summed E-state index contributed by atoms with van der Waals surface area (Å²) in [5.41, 5.74) is 1.08. The topological polar surface area (TPSA) is 70.7 Å². The summed E-state index contributed by atoms with van der Waals surface area (Å²) in [7, 11) is 0. The van der Waals surface area contributed by atoms with Gasteiger partial charge in [0.05, 0.1) is 11.8 Å². The van der Waals surface area contributed by atoms with E-state index in [1.807, 2.05) is 66.9 Å². The fourth-order valence-electron chi connectivity index (χ4n) is 2.18. The molecule has 0 aliphatic rings. The van der Waals surface area contributed by atoms with E-state index in [-0.39, 0.29) is 17.7 Å². The van der Waals surface area contributed by atoms with Crippen LogP contribution in [0.3, 0.4) is 0 Å². The van der Waals surface area contributed by atoms with Crippen LogP contribution in [0.5, 0.6) is 0 Å². The van der Waals surface area contributed by atoms with E-state index in [1.165, 1.54) is 11.8 Å². The first-order valence-corrected chi connectivity index (χ1v) is 9.68. The zero-order valence-electron chi connectivity index (χ0n) is 13.7. The van der Waals surface area contributed by atoms with Gasteiger partial charge >= 0.3 is 0 Å². The molecule has 3 rings (SSSR count). The van der Waals surface area contributed by atoms with Gasteiger partial charge in [-0.3, -0.25) is 9.89 Å². The number of benzene rings is 1. The van der Waals surface area contributed by atoms with Crippen LogP contribution in [-0.2, 0) is 4.79 Å². The number of hydrogen-bond donors (Lipinski definition) is 2. The van der Waals surface area contributed by atoms with Gasteiger partial charge in [-0.2, -0.15) is 0 Å². The lowest BCUT2D eigenvalue weighted by atomic mass is 10.1. The lowest BCUT2D eigenvalue weighted by Crippen LogP contribution is -2.28. The van der Waals surface area contributed by atoms with Crippen LogP contribution in [0.2, 0.25) is 0 Å². The number of carbonyl (C=O) groups is 1. The molecule has 2 N–H and O–H groups in total. The highest BCUT2D eigenvalue weighted by Crippen LogP contribution is 2.16. The molecule has 0 fully saturated rings. The molecule has 5 nitrogen and oxygen atoms in total. The van der Waals surface area contributed by atoms with Crippen LogP contribution in [0.15, 0.2) is 53.0 Å². The van der Waals surface area contributed by atoms with Gasteiger partial charge in [0.25, 0.3) is 0 Å². The van der Waals surface area contributed by atoms with Crippen molar-refractivity contribution in [2.45, 2.75) is 18.1 Å². The number of rotatable bonds is 7. The molecular formula is C18H18N4OS2. The summed E-state index contributed by atoms with van der Waals surface area (Å²) in [6.45, 7) is 1.97. The van der Waals surface area contributed by atoms with Crippen LogP contribution < -0.4 is 5.32 Å². The van der Waals surface area contributed by atoms with E-state index in [0.717, 1.165) is 10.4 Å². The summed E-state index contributed by atoms with van der Waals surface area (Å²) in [6, 6.07) is 13.9. The maximum absolute atomic E-state index is 12.1. The predicted molar refractivity (Wildman–Crippen MR) is 103 cm³/mol. The Hall–Kier alpha value is -2.38. The number of nitrogens with zero attached hydrogens (tertiary/aromatic N) is 2. The average Bonchev–Trinajstić information content (AvgIpc) is 3.30. The van der Waals surface area contributed by atoms with Crippen molar-refractivity contribution in [3.8, 4) is 0 Å². The SMILES string of the molecule is CC(NC(=O)CSc1n[nH]c(/C=C/c2cccs2)n1)c1ccccc1. The van der Waals surface area contributed by atoms with Crippen molar-refractivity contribution in [2.75, 3.05) is 5.75 Å². The molecule has 0 saturated heterocycles. The van der Waals surface area contributed by atoms with Crippen LogP contribution in [0.25, 0.3) is 12.2 Å². The molecule has 1 aromatic carbocycles. The quantitative estimate of drug-likeness (QED) is 0.617. The number of nitrogens with one attached hydrogen (secondary N) is 2. The fourth-order valence-corrected chi connectivity index (χ4v) is 3.42. The first-order chi connectivity index (χ1) is 12.2. The summed E-state index contributed by atoms with van der Waals surface area (Å²) < 4.78 is 0. The van der Waals surface area contributed by atoms with Gasteiger partial charge < -0.3 is 5.32 Å². The molecule has 25 heavy (non-hydrogen) atoms. The Bertz CT molecular complexity index is 828. The monoisotopic (exact) mass is 370 g/mol. The molecular weight excluding hydrogens is 352 g/mol. The number of H-pyrrole nitrogens is 1. The van der Waals surface area contributed by atoms with Gasteiger partial charge in [0, 0.05) is 4.88 Å². The van der Waals surface area contributed by atoms with Crippen molar-refractivity contribution in [2.24, 2.45) is 0 Å². The summed E-state index contributed by atoms with van der Waals surface area (Å²) in [5.74, 6) is 0.916.